The standard InChI is InChI=1S/C14H19BrN4O4/c15-10-1-3-16-12(7-10)17-13(21)2-4-18-5-6-19(14(22)23)8-11(18)9-20/h1,3,7,11,20H,2,4-6,8-9H2,(H,22,23)(H,16,17,21). The molecule has 126 valence electrons. The van der Waals surface area contributed by atoms with Crippen LogP contribution in [0.25, 0.3) is 0 Å². The first kappa shape index (κ1) is 17.6. The Kier molecular flexibility index (Phi) is 6.31. The van der Waals surface area contributed by atoms with Crippen molar-refractivity contribution in [3.05, 3.63) is 22.8 Å². The number of amides is 2. The molecule has 0 aromatic carbocycles. The molecule has 1 atom stereocenters. The van der Waals surface area contributed by atoms with Gasteiger partial charge in [0, 0.05) is 43.3 Å². The van der Waals surface area contributed by atoms with Crippen LogP contribution in [-0.4, -0.2) is 75.8 Å². The molecule has 23 heavy (non-hydrogen) atoms. The van der Waals surface area contributed by atoms with Gasteiger partial charge in [-0.05, 0) is 12.1 Å². The molecule has 1 unspecified atom stereocenters. The average Bonchev–Trinajstić information content (AvgIpc) is 2.52. The molecule has 1 aliphatic rings. The molecule has 0 bridgehead atoms. The molecule has 0 spiro atoms. The summed E-state index contributed by atoms with van der Waals surface area (Å²) in [6.07, 6.45) is 0.853. The number of pyridine rings is 1. The predicted octanol–water partition coefficient (Wildman–Crippen LogP) is 0.829. The van der Waals surface area contributed by atoms with E-state index in [9.17, 15) is 14.7 Å². The largest absolute Gasteiger partial charge is 0.465 e. The maximum atomic E-state index is 12.0. The van der Waals surface area contributed by atoms with Crippen LogP contribution < -0.4 is 5.32 Å². The number of carbonyl (C=O) groups excluding carboxylic acids is 1. The number of aromatic nitrogens is 1. The summed E-state index contributed by atoms with van der Waals surface area (Å²) in [5, 5.41) is 21.1. The van der Waals surface area contributed by atoms with E-state index in [1.165, 1.54) is 4.90 Å². The Morgan fingerprint density at radius 2 is 2.22 bits per heavy atom. The van der Waals surface area contributed by atoms with Crippen molar-refractivity contribution in [3.63, 3.8) is 0 Å². The molecule has 0 saturated carbocycles. The van der Waals surface area contributed by atoms with Gasteiger partial charge in [-0.25, -0.2) is 9.78 Å². The summed E-state index contributed by atoms with van der Waals surface area (Å²) < 4.78 is 0.827. The number of nitrogens with one attached hydrogen (secondary N) is 1. The topological polar surface area (TPSA) is 106 Å². The van der Waals surface area contributed by atoms with Crippen LogP contribution in [0.3, 0.4) is 0 Å². The highest BCUT2D eigenvalue weighted by atomic mass is 79.9. The van der Waals surface area contributed by atoms with Gasteiger partial charge in [0.25, 0.3) is 0 Å². The molecule has 2 amide bonds. The summed E-state index contributed by atoms with van der Waals surface area (Å²) in [5.41, 5.74) is 0. The van der Waals surface area contributed by atoms with Crippen molar-refractivity contribution in [2.75, 3.05) is 38.1 Å². The molecular formula is C14H19BrN4O4. The van der Waals surface area contributed by atoms with Crippen LogP contribution in [0.5, 0.6) is 0 Å². The van der Waals surface area contributed by atoms with Crippen molar-refractivity contribution in [2.24, 2.45) is 0 Å². The molecule has 1 saturated heterocycles. The Labute approximate surface area is 142 Å². The fraction of sp³-hybridized carbons (Fsp3) is 0.500. The van der Waals surface area contributed by atoms with Gasteiger partial charge in [0.2, 0.25) is 5.91 Å². The maximum absolute atomic E-state index is 12.0. The van der Waals surface area contributed by atoms with Crippen LogP contribution in [0.15, 0.2) is 22.8 Å². The van der Waals surface area contributed by atoms with Gasteiger partial charge in [-0.1, -0.05) is 15.9 Å². The van der Waals surface area contributed by atoms with Gasteiger partial charge in [0.05, 0.1) is 12.6 Å². The van der Waals surface area contributed by atoms with Gasteiger partial charge in [-0.2, -0.15) is 0 Å². The zero-order valence-electron chi connectivity index (χ0n) is 12.5. The molecule has 9 heteroatoms. The number of hydrogen-bond donors (Lipinski definition) is 3. The number of hydrogen-bond acceptors (Lipinski definition) is 5. The van der Waals surface area contributed by atoms with Crippen LogP contribution in [0, 0.1) is 0 Å². The number of carboxylic acid groups (broad SMARTS) is 1. The van der Waals surface area contributed by atoms with Crippen molar-refractivity contribution in [2.45, 2.75) is 12.5 Å². The average molecular weight is 387 g/mol. The van der Waals surface area contributed by atoms with E-state index in [0.717, 1.165) is 4.47 Å². The zero-order chi connectivity index (χ0) is 16.8. The maximum Gasteiger partial charge on any atom is 0.407 e. The van der Waals surface area contributed by atoms with E-state index in [1.807, 2.05) is 4.90 Å². The van der Waals surface area contributed by atoms with E-state index in [1.54, 1.807) is 18.3 Å². The van der Waals surface area contributed by atoms with Gasteiger partial charge in [-0.3, -0.25) is 9.69 Å². The predicted molar refractivity (Wildman–Crippen MR) is 87.2 cm³/mol. The minimum absolute atomic E-state index is 0.140. The summed E-state index contributed by atoms with van der Waals surface area (Å²) in [5.74, 6) is 0.298. The molecule has 1 aliphatic heterocycles. The molecule has 0 aliphatic carbocycles. The second-order valence-electron chi connectivity index (χ2n) is 5.26. The number of anilines is 1. The molecule has 0 radical (unpaired) electrons. The number of aliphatic hydroxyl groups excluding tert-OH is 1. The number of rotatable bonds is 5. The SMILES string of the molecule is O=C(CCN1CCN(C(=O)O)CC1CO)Nc1cc(Br)ccn1. The highest BCUT2D eigenvalue weighted by molar-refractivity contribution is 9.10. The molecule has 8 nitrogen and oxygen atoms in total. The lowest BCUT2D eigenvalue weighted by Crippen LogP contribution is -2.56. The monoisotopic (exact) mass is 386 g/mol. The lowest BCUT2D eigenvalue weighted by Gasteiger charge is -2.39. The van der Waals surface area contributed by atoms with Crippen LogP contribution in [-0.2, 0) is 4.79 Å². The summed E-state index contributed by atoms with van der Waals surface area (Å²) in [6.45, 7) is 1.44. The van der Waals surface area contributed by atoms with Crippen LogP contribution >= 0.6 is 15.9 Å². The summed E-state index contributed by atoms with van der Waals surface area (Å²) in [6, 6.07) is 3.19. The van der Waals surface area contributed by atoms with E-state index in [-0.39, 0.29) is 31.5 Å². The Bertz CT molecular complexity index is 571. The minimum atomic E-state index is -0.985. The molecule has 2 heterocycles. The summed E-state index contributed by atoms with van der Waals surface area (Å²) in [4.78, 5) is 30.2. The van der Waals surface area contributed by atoms with E-state index in [0.29, 0.717) is 25.5 Å². The quantitative estimate of drug-likeness (QED) is 0.691. The van der Waals surface area contributed by atoms with E-state index >= 15 is 0 Å². The minimum Gasteiger partial charge on any atom is -0.465 e. The normalized spacial score (nSPS) is 18.7. The zero-order valence-corrected chi connectivity index (χ0v) is 14.1. The molecular weight excluding hydrogens is 368 g/mol. The first-order valence-corrected chi connectivity index (χ1v) is 8.03. The van der Waals surface area contributed by atoms with Gasteiger partial charge < -0.3 is 20.4 Å². The van der Waals surface area contributed by atoms with Gasteiger partial charge in [0.1, 0.15) is 5.82 Å². The third kappa shape index (κ3) is 5.15. The first-order valence-electron chi connectivity index (χ1n) is 7.23. The van der Waals surface area contributed by atoms with Crippen LogP contribution in [0.1, 0.15) is 6.42 Å². The van der Waals surface area contributed by atoms with E-state index < -0.39 is 6.09 Å². The first-order chi connectivity index (χ1) is 11.0. The number of piperazine rings is 1. The van der Waals surface area contributed by atoms with Crippen molar-refractivity contribution >= 4 is 33.7 Å². The highest BCUT2D eigenvalue weighted by Gasteiger charge is 2.28. The van der Waals surface area contributed by atoms with Gasteiger partial charge >= 0.3 is 6.09 Å². The van der Waals surface area contributed by atoms with Crippen LogP contribution in [0.2, 0.25) is 0 Å². The number of halogens is 1. The smallest absolute Gasteiger partial charge is 0.407 e. The third-order valence-electron chi connectivity index (χ3n) is 3.70. The Balaban J connectivity index is 1.82. The second-order valence-corrected chi connectivity index (χ2v) is 6.17. The highest BCUT2D eigenvalue weighted by Crippen LogP contribution is 2.14. The number of carbonyl (C=O) groups is 2. The third-order valence-corrected chi connectivity index (χ3v) is 4.19. The van der Waals surface area contributed by atoms with E-state index in [2.05, 4.69) is 26.2 Å². The lowest BCUT2D eigenvalue weighted by molar-refractivity contribution is -0.116. The summed E-state index contributed by atoms with van der Waals surface area (Å²) >= 11 is 3.31. The molecule has 1 aromatic heterocycles. The Morgan fingerprint density at radius 3 is 2.87 bits per heavy atom. The van der Waals surface area contributed by atoms with Gasteiger partial charge in [0.15, 0.2) is 0 Å². The van der Waals surface area contributed by atoms with E-state index in [4.69, 9.17) is 5.11 Å². The van der Waals surface area contributed by atoms with Crippen molar-refractivity contribution in [1.29, 1.82) is 0 Å². The molecule has 1 fully saturated rings. The lowest BCUT2D eigenvalue weighted by atomic mass is 10.1. The second kappa shape index (κ2) is 8.23. The van der Waals surface area contributed by atoms with Gasteiger partial charge in [-0.15, -0.1) is 0 Å². The van der Waals surface area contributed by atoms with Crippen molar-refractivity contribution in [1.82, 2.24) is 14.8 Å². The van der Waals surface area contributed by atoms with Crippen LogP contribution in [0.4, 0.5) is 10.6 Å². The Morgan fingerprint density at radius 1 is 1.43 bits per heavy atom. The number of nitrogens with zero attached hydrogens (tertiary/aromatic N) is 3. The molecule has 1 aromatic rings. The number of aliphatic hydroxyl groups is 1. The van der Waals surface area contributed by atoms with Crippen molar-refractivity contribution < 1.29 is 19.8 Å². The fourth-order valence-corrected chi connectivity index (χ4v) is 2.79. The fourth-order valence-electron chi connectivity index (χ4n) is 2.46. The molecule has 2 rings (SSSR count). The Hall–Kier alpha value is -1.71. The van der Waals surface area contributed by atoms with Crippen molar-refractivity contribution in [3.8, 4) is 0 Å². The summed E-state index contributed by atoms with van der Waals surface area (Å²) in [7, 11) is 0. The molecule has 3 N–H and O–H groups in total.